The standard InChI is InChI=1S/2C22H20N4O2/c2*1-24-20-17(21(27)25(2)22(24)28)18(15-9-4-3-5-10-15)26-13-12-14-8-6-7-11-16(14)19(26)23-20/h2*3-11,18H,12-13H2,1-2H3/t2*18-/m00/s1. The Morgan fingerprint density at radius 1 is 0.464 bits per heavy atom. The zero-order valence-corrected chi connectivity index (χ0v) is 31.6. The molecule has 0 spiro atoms. The number of fused-ring (bicyclic) bond motifs is 8. The van der Waals surface area contributed by atoms with E-state index in [1.165, 1.54) is 43.5 Å². The van der Waals surface area contributed by atoms with Crippen LogP contribution in [0.5, 0.6) is 0 Å². The molecular formula is C44H40N8O4. The van der Waals surface area contributed by atoms with E-state index in [1.807, 2.05) is 84.9 Å². The van der Waals surface area contributed by atoms with Gasteiger partial charge < -0.3 is 9.80 Å². The van der Waals surface area contributed by atoms with E-state index < -0.39 is 0 Å². The summed E-state index contributed by atoms with van der Waals surface area (Å²) in [7, 11) is 6.41. The highest BCUT2D eigenvalue weighted by molar-refractivity contribution is 6.04. The summed E-state index contributed by atoms with van der Waals surface area (Å²) in [5.74, 6) is 2.55. The molecule has 4 aliphatic heterocycles. The third-order valence-electron chi connectivity index (χ3n) is 11.5. The van der Waals surface area contributed by atoms with E-state index in [9.17, 15) is 19.2 Å². The second-order valence-corrected chi connectivity index (χ2v) is 14.6. The number of amidine groups is 2. The quantitative estimate of drug-likeness (QED) is 0.262. The van der Waals surface area contributed by atoms with Crippen LogP contribution in [0.2, 0.25) is 0 Å². The van der Waals surface area contributed by atoms with Gasteiger partial charge in [0, 0.05) is 52.4 Å². The van der Waals surface area contributed by atoms with Crippen LogP contribution in [-0.4, -0.2) is 52.8 Å². The van der Waals surface area contributed by atoms with Crippen molar-refractivity contribution in [2.24, 2.45) is 38.2 Å². The molecule has 0 amide bonds. The monoisotopic (exact) mass is 744 g/mol. The van der Waals surface area contributed by atoms with Crippen LogP contribution < -0.4 is 22.5 Å². The van der Waals surface area contributed by atoms with Gasteiger partial charge in [-0.25, -0.2) is 19.6 Å². The fourth-order valence-corrected chi connectivity index (χ4v) is 8.61. The molecule has 2 aromatic heterocycles. The highest BCUT2D eigenvalue weighted by Crippen LogP contribution is 2.41. The van der Waals surface area contributed by atoms with Crippen LogP contribution in [0.15, 0.2) is 138 Å². The minimum atomic E-state index is -0.363. The summed E-state index contributed by atoms with van der Waals surface area (Å²) in [6.07, 6.45) is 1.78. The number of aromatic nitrogens is 4. The fourth-order valence-electron chi connectivity index (χ4n) is 8.61. The van der Waals surface area contributed by atoms with Crippen molar-refractivity contribution in [2.75, 3.05) is 13.1 Å². The van der Waals surface area contributed by atoms with Gasteiger partial charge in [0.15, 0.2) is 0 Å². The van der Waals surface area contributed by atoms with E-state index in [-0.39, 0.29) is 34.6 Å². The molecule has 4 aromatic carbocycles. The maximum atomic E-state index is 13.1. The molecule has 0 saturated heterocycles. The summed E-state index contributed by atoms with van der Waals surface area (Å²) >= 11 is 0. The molecule has 6 heterocycles. The number of hydrogen-bond donors (Lipinski definition) is 0. The van der Waals surface area contributed by atoms with Gasteiger partial charge in [0.2, 0.25) is 0 Å². The SMILES string of the molecule is Cn1c2c(c(=O)n(C)c1=O)[C@H](c1ccccc1)N1CCc3ccccc3C1=N2.Cn1c2c(c(=O)n(C)c1=O)[C@H](c1ccccc1)N1CCc3ccccc3C1=N2. The van der Waals surface area contributed by atoms with Crippen molar-refractivity contribution in [2.45, 2.75) is 24.9 Å². The van der Waals surface area contributed by atoms with E-state index in [2.05, 4.69) is 34.1 Å². The fraction of sp³-hybridized carbons (Fsp3) is 0.227. The van der Waals surface area contributed by atoms with Gasteiger partial charge in [-0.2, -0.15) is 0 Å². The maximum absolute atomic E-state index is 13.1. The third-order valence-corrected chi connectivity index (χ3v) is 11.5. The van der Waals surface area contributed by atoms with Crippen LogP contribution in [0, 0.1) is 0 Å². The minimum absolute atomic E-state index is 0.275. The third kappa shape index (κ3) is 5.35. The lowest BCUT2D eigenvalue weighted by atomic mass is 9.90. The van der Waals surface area contributed by atoms with Crippen LogP contribution in [0.1, 0.15) is 56.6 Å². The summed E-state index contributed by atoms with van der Waals surface area (Å²) in [5, 5.41) is 0. The van der Waals surface area contributed by atoms with Gasteiger partial charge in [0.05, 0.1) is 23.2 Å². The highest BCUT2D eigenvalue weighted by Gasteiger charge is 2.40. The Morgan fingerprint density at radius 3 is 1.21 bits per heavy atom. The highest BCUT2D eigenvalue weighted by atomic mass is 16.2. The Balaban J connectivity index is 0.000000146. The largest absolute Gasteiger partial charge is 0.344 e. The summed E-state index contributed by atoms with van der Waals surface area (Å²) in [6, 6.07) is 35.8. The molecule has 2 atom stereocenters. The number of benzene rings is 4. The molecule has 56 heavy (non-hydrogen) atoms. The van der Waals surface area contributed by atoms with Gasteiger partial charge in [0.25, 0.3) is 11.1 Å². The molecule has 6 aromatic rings. The first kappa shape index (κ1) is 34.9. The minimum Gasteiger partial charge on any atom is -0.344 e. The number of nitrogens with zero attached hydrogens (tertiary/aromatic N) is 8. The van der Waals surface area contributed by atoms with Crippen molar-refractivity contribution < 1.29 is 0 Å². The van der Waals surface area contributed by atoms with Crippen molar-refractivity contribution >= 4 is 23.3 Å². The zero-order chi connectivity index (χ0) is 38.8. The Bertz CT molecular complexity index is 2670. The van der Waals surface area contributed by atoms with Crippen LogP contribution in [-0.2, 0) is 41.0 Å². The van der Waals surface area contributed by atoms with Crippen LogP contribution in [0.4, 0.5) is 11.6 Å². The van der Waals surface area contributed by atoms with Crippen LogP contribution in [0.25, 0.3) is 0 Å². The van der Waals surface area contributed by atoms with Crippen molar-refractivity contribution in [3.8, 4) is 0 Å². The molecule has 4 aliphatic rings. The first-order valence-electron chi connectivity index (χ1n) is 18.7. The van der Waals surface area contributed by atoms with Gasteiger partial charge in [0.1, 0.15) is 23.3 Å². The summed E-state index contributed by atoms with van der Waals surface area (Å²) in [6.45, 7) is 1.53. The Hall–Kier alpha value is -6.82. The Morgan fingerprint density at radius 2 is 0.821 bits per heavy atom. The topological polar surface area (TPSA) is 119 Å². The molecule has 0 fully saturated rings. The summed E-state index contributed by atoms with van der Waals surface area (Å²) in [5.41, 5.74) is 6.46. The lowest BCUT2D eigenvalue weighted by Gasteiger charge is -2.41. The molecular weight excluding hydrogens is 705 g/mol. The van der Waals surface area contributed by atoms with Crippen molar-refractivity contribution in [1.29, 1.82) is 0 Å². The number of hydrogen-bond acceptors (Lipinski definition) is 8. The molecule has 0 aliphatic carbocycles. The Labute approximate surface area is 322 Å². The lowest BCUT2D eigenvalue weighted by Crippen LogP contribution is -2.48. The Kier molecular flexibility index (Phi) is 8.41. The molecule has 0 unspecified atom stereocenters. The first-order chi connectivity index (χ1) is 27.2. The van der Waals surface area contributed by atoms with Crippen molar-refractivity contribution in [3.63, 3.8) is 0 Å². The molecule has 10 rings (SSSR count). The average molecular weight is 745 g/mol. The van der Waals surface area contributed by atoms with Gasteiger partial charge in [-0.1, -0.05) is 109 Å². The predicted octanol–water partition coefficient (Wildman–Crippen LogP) is 4.25. The number of rotatable bonds is 2. The molecule has 12 nitrogen and oxygen atoms in total. The normalized spacial score (nSPS) is 17.4. The van der Waals surface area contributed by atoms with Gasteiger partial charge in [-0.05, 0) is 35.1 Å². The van der Waals surface area contributed by atoms with Crippen molar-refractivity contribution in [3.05, 3.63) is 195 Å². The molecule has 0 radical (unpaired) electrons. The van der Waals surface area contributed by atoms with Crippen LogP contribution >= 0.6 is 0 Å². The van der Waals surface area contributed by atoms with E-state index in [0.29, 0.717) is 22.8 Å². The van der Waals surface area contributed by atoms with Gasteiger partial charge >= 0.3 is 11.4 Å². The smallest absolute Gasteiger partial charge is 0.332 e. The average Bonchev–Trinajstić information content (AvgIpc) is 3.25. The predicted molar refractivity (Wildman–Crippen MR) is 217 cm³/mol. The molecule has 0 saturated carbocycles. The maximum Gasteiger partial charge on any atom is 0.332 e. The molecule has 12 heteroatoms. The molecule has 0 bridgehead atoms. The van der Waals surface area contributed by atoms with E-state index in [0.717, 1.165) is 59.9 Å². The second kappa shape index (κ2) is 13.5. The summed E-state index contributed by atoms with van der Waals surface area (Å²) in [4.78, 5) is 65.5. The zero-order valence-electron chi connectivity index (χ0n) is 31.6. The number of aliphatic imine (C=N–C) groups is 2. The van der Waals surface area contributed by atoms with Crippen molar-refractivity contribution in [1.82, 2.24) is 28.1 Å². The summed E-state index contributed by atoms with van der Waals surface area (Å²) < 4.78 is 5.31. The second-order valence-electron chi connectivity index (χ2n) is 14.6. The lowest BCUT2D eigenvalue weighted by molar-refractivity contribution is 0.341. The van der Waals surface area contributed by atoms with E-state index in [1.54, 1.807) is 14.1 Å². The van der Waals surface area contributed by atoms with Gasteiger partial charge in [-0.15, -0.1) is 0 Å². The molecule has 0 N–H and O–H groups in total. The van der Waals surface area contributed by atoms with Gasteiger partial charge in [-0.3, -0.25) is 27.9 Å². The first-order valence-corrected chi connectivity index (χ1v) is 18.7. The van der Waals surface area contributed by atoms with E-state index >= 15 is 0 Å². The van der Waals surface area contributed by atoms with E-state index in [4.69, 9.17) is 9.98 Å². The molecule has 280 valence electrons. The van der Waals surface area contributed by atoms with Crippen LogP contribution in [0.3, 0.4) is 0 Å².